The molecule has 3 N–H and O–H groups in total. The van der Waals surface area contributed by atoms with Gasteiger partial charge in [-0.05, 0) is 81.7 Å². The minimum absolute atomic E-state index is 0.0250. The second-order valence-electron chi connectivity index (χ2n) is 13.4. The zero-order chi connectivity index (χ0) is 37.1. The van der Waals surface area contributed by atoms with E-state index in [1.807, 2.05) is 0 Å². The Morgan fingerprint density at radius 1 is 0.981 bits per heavy atom. The van der Waals surface area contributed by atoms with Crippen molar-refractivity contribution in [1.29, 1.82) is 0 Å². The number of nitrogens with one attached hydrogen (secondary N) is 2. The highest BCUT2D eigenvalue weighted by Gasteiger charge is 2.43. The molecule has 2 aromatic carbocycles. The van der Waals surface area contributed by atoms with Gasteiger partial charge in [0.05, 0.1) is 38.5 Å². The summed E-state index contributed by atoms with van der Waals surface area (Å²) < 4.78 is 40.3. The molecular weight excluding hydrogens is 703 g/mol. The molecule has 6 amide bonds. The van der Waals surface area contributed by atoms with E-state index in [2.05, 4.69) is 20.5 Å². The van der Waals surface area contributed by atoms with Crippen LogP contribution in [0.5, 0.6) is 0 Å². The van der Waals surface area contributed by atoms with Crippen LogP contribution >= 0.6 is 11.3 Å². The highest BCUT2D eigenvalue weighted by atomic mass is 32.1. The number of hydrogen-bond donors (Lipinski definition) is 3. The van der Waals surface area contributed by atoms with E-state index < -0.39 is 52.8 Å². The Morgan fingerprint density at radius 2 is 1.71 bits per heavy atom. The van der Waals surface area contributed by atoms with E-state index in [4.69, 9.17) is 4.98 Å². The third-order valence-electron chi connectivity index (χ3n) is 9.27. The van der Waals surface area contributed by atoms with E-state index in [9.17, 15) is 42.3 Å². The second-order valence-corrected chi connectivity index (χ2v) is 14.5. The quantitative estimate of drug-likeness (QED) is 0.221. The zero-order valence-corrected chi connectivity index (χ0v) is 28.7. The molecule has 0 radical (unpaired) electrons. The number of halogens is 3. The van der Waals surface area contributed by atoms with Crippen LogP contribution in [0.3, 0.4) is 0 Å². The van der Waals surface area contributed by atoms with Gasteiger partial charge < -0.3 is 10.4 Å². The fraction of sp³-hybridized carbons (Fsp3) is 0.343. The number of thiazole rings is 1. The van der Waals surface area contributed by atoms with Crippen molar-refractivity contribution in [3.8, 4) is 0 Å². The Labute approximate surface area is 298 Å². The molecule has 3 aliphatic rings. The number of hydrazine groups is 1. The van der Waals surface area contributed by atoms with E-state index in [1.54, 1.807) is 30.3 Å². The molecule has 270 valence electrons. The van der Waals surface area contributed by atoms with E-state index in [0.717, 1.165) is 63.4 Å². The summed E-state index contributed by atoms with van der Waals surface area (Å²) in [6, 6.07) is 10.6. The van der Waals surface area contributed by atoms with Gasteiger partial charge in [-0.15, -0.1) is 11.3 Å². The molecule has 0 bridgehead atoms. The van der Waals surface area contributed by atoms with Gasteiger partial charge in [-0.1, -0.05) is 12.1 Å². The number of aliphatic hydroxyl groups is 1. The lowest BCUT2D eigenvalue weighted by molar-refractivity contribution is -0.141. The van der Waals surface area contributed by atoms with E-state index >= 15 is 0 Å². The van der Waals surface area contributed by atoms with Crippen LogP contribution in [-0.4, -0.2) is 79.3 Å². The number of aromatic nitrogens is 2. The summed E-state index contributed by atoms with van der Waals surface area (Å²) in [6.07, 6.45) is -3.18. The van der Waals surface area contributed by atoms with Gasteiger partial charge in [-0.3, -0.25) is 29.4 Å². The third-order valence-corrected chi connectivity index (χ3v) is 10.4. The molecule has 7 rings (SSSR count). The predicted molar refractivity (Wildman–Crippen MR) is 181 cm³/mol. The van der Waals surface area contributed by atoms with Crippen LogP contribution in [0.25, 0.3) is 10.2 Å². The number of alkyl halides is 3. The molecule has 2 aromatic heterocycles. The van der Waals surface area contributed by atoms with Gasteiger partial charge >= 0.3 is 12.2 Å². The highest BCUT2D eigenvalue weighted by Crippen LogP contribution is 2.39. The number of likely N-dealkylation sites (tertiary alicyclic amines) is 1. The fourth-order valence-corrected chi connectivity index (χ4v) is 7.77. The summed E-state index contributed by atoms with van der Waals surface area (Å²) in [5.74, 6) is -2.44. The number of imide groups is 2. The third kappa shape index (κ3) is 6.73. The molecule has 0 atom stereocenters. The second kappa shape index (κ2) is 13.1. The molecule has 2 saturated heterocycles. The van der Waals surface area contributed by atoms with Crippen molar-refractivity contribution in [1.82, 2.24) is 30.2 Å². The number of hydrogen-bond acceptors (Lipinski definition) is 10. The molecule has 0 aliphatic carbocycles. The minimum Gasteiger partial charge on any atom is -0.386 e. The first-order valence-corrected chi connectivity index (χ1v) is 17.3. The number of fused-ring (bicyclic) bond motifs is 2. The van der Waals surface area contributed by atoms with Crippen molar-refractivity contribution in [3.63, 3.8) is 0 Å². The Hall–Kier alpha value is -5.26. The molecule has 13 nitrogen and oxygen atoms in total. The first kappa shape index (κ1) is 35.2. The highest BCUT2D eigenvalue weighted by molar-refractivity contribution is 7.18. The molecule has 5 heterocycles. The molecule has 52 heavy (non-hydrogen) atoms. The van der Waals surface area contributed by atoms with Crippen LogP contribution in [0.15, 0.2) is 48.5 Å². The summed E-state index contributed by atoms with van der Waals surface area (Å²) in [6.45, 7) is 4.97. The van der Waals surface area contributed by atoms with Gasteiger partial charge in [0.2, 0.25) is 5.91 Å². The molecule has 2 fully saturated rings. The van der Waals surface area contributed by atoms with Crippen LogP contribution < -0.4 is 10.6 Å². The number of carbonyl (C=O) groups is 5. The molecular formula is C35H32F3N7O6S. The first-order chi connectivity index (χ1) is 24.6. The van der Waals surface area contributed by atoms with Crippen molar-refractivity contribution < 1.29 is 42.3 Å². The molecule has 0 spiro atoms. The number of pyridine rings is 1. The summed E-state index contributed by atoms with van der Waals surface area (Å²) in [5, 5.41) is 18.3. The number of piperidine rings is 1. The normalized spacial score (nSPS) is 17.6. The maximum Gasteiger partial charge on any atom is 0.433 e. The number of anilines is 1. The van der Waals surface area contributed by atoms with Crippen LogP contribution in [0.4, 0.5) is 23.7 Å². The van der Waals surface area contributed by atoms with Crippen LogP contribution in [0.2, 0.25) is 0 Å². The summed E-state index contributed by atoms with van der Waals surface area (Å²) in [4.78, 5) is 73.7. The number of amides is 6. The molecule has 17 heteroatoms. The lowest BCUT2D eigenvalue weighted by atomic mass is 9.95. The monoisotopic (exact) mass is 735 g/mol. The summed E-state index contributed by atoms with van der Waals surface area (Å²) >= 11 is 1.45. The standard InChI is InChI=1S/C35H32F3N7O6S/c1-34(2,51)22-15-25-26(16-24(22)40-29(47)23-4-3-5-27(39-23)35(36,37)38)52-30(41-25)19-8-11-43(12-9-19)17-18-6-7-20-21(14-18)32(49)45(31(20)48)44-13-10-28(46)42-33(44)50/h3-7,14-16,19,51H,8-13,17H2,1-2H3,(H,40,47)(H,42,46,50). The largest absolute Gasteiger partial charge is 0.433 e. The van der Waals surface area contributed by atoms with Gasteiger partial charge in [0.25, 0.3) is 17.7 Å². The van der Waals surface area contributed by atoms with Crippen LogP contribution in [-0.2, 0) is 23.1 Å². The maximum absolute atomic E-state index is 13.2. The van der Waals surface area contributed by atoms with Crippen molar-refractivity contribution in [2.24, 2.45) is 0 Å². The number of benzene rings is 2. The average Bonchev–Trinajstić information content (AvgIpc) is 3.61. The van der Waals surface area contributed by atoms with Crippen molar-refractivity contribution >= 4 is 56.9 Å². The van der Waals surface area contributed by atoms with Crippen LogP contribution in [0, 0.1) is 0 Å². The van der Waals surface area contributed by atoms with Gasteiger partial charge in [0.1, 0.15) is 11.4 Å². The first-order valence-electron chi connectivity index (χ1n) is 16.4. The number of rotatable bonds is 7. The summed E-state index contributed by atoms with van der Waals surface area (Å²) in [7, 11) is 0. The van der Waals surface area contributed by atoms with E-state index in [-0.39, 0.29) is 35.7 Å². The zero-order valence-electron chi connectivity index (χ0n) is 27.9. The Balaban J connectivity index is 1.03. The lowest BCUT2D eigenvalue weighted by Crippen LogP contribution is -2.58. The molecule has 0 saturated carbocycles. The SMILES string of the molecule is CC(C)(O)c1cc2nc(C3CCN(Cc4ccc5c(c4)C(=O)N(N4CCC(=O)NC4=O)C5=O)CC3)sc2cc1NC(=O)c1cccc(C(F)(F)F)n1. The molecule has 0 unspecified atom stereocenters. The average molecular weight is 736 g/mol. The smallest absolute Gasteiger partial charge is 0.386 e. The Kier molecular flexibility index (Phi) is 8.83. The topological polar surface area (TPSA) is 165 Å². The summed E-state index contributed by atoms with van der Waals surface area (Å²) in [5.41, 5.74) is -0.599. The van der Waals surface area contributed by atoms with Crippen molar-refractivity contribution in [3.05, 3.63) is 87.2 Å². The number of urea groups is 1. The molecule has 3 aliphatic heterocycles. The van der Waals surface area contributed by atoms with Gasteiger partial charge in [0, 0.05) is 30.1 Å². The number of nitrogens with zero attached hydrogens (tertiary/aromatic N) is 5. The van der Waals surface area contributed by atoms with Gasteiger partial charge in [-0.2, -0.15) is 18.2 Å². The van der Waals surface area contributed by atoms with Crippen LogP contribution in [0.1, 0.15) is 92.1 Å². The van der Waals surface area contributed by atoms with Crippen molar-refractivity contribution in [2.75, 3.05) is 25.0 Å². The number of carbonyl (C=O) groups excluding carboxylic acids is 5. The maximum atomic E-state index is 13.2. The van der Waals surface area contributed by atoms with Gasteiger partial charge in [-0.25, -0.2) is 19.8 Å². The fourth-order valence-electron chi connectivity index (χ4n) is 6.62. The van der Waals surface area contributed by atoms with Crippen molar-refractivity contribution in [2.45, 2.75) is 57.3 Å². The van der Waals surface area contributed by atoms with E-state index in [1.165, 1.54) is 31.3 Å². The van der Waals surface area contributed by atoms with Gasteiger partial charge in [0.15, 0.2) is 0 Å². The van der Waals surface area contributed by atoms with E-state index in [0.29, 0.717) is 17.6 Å². The Morgan fingerprint density at radius 3 is 2.40 bits per heavy atom. The lowest BCUT2D eigenvalue weighted by Gasteiger charge is -2.32. The Bertz CT molecular complexity index is 2160. The predicted octanol–water partition coefficient (Wildman–Crippen LogP) is 5.02. The molecule has 4 aromatic rings. The minimum atomic E-state index is -4.71.